The predicted octanol–water partition coefficient (Wildman–Crippen LogP) is 3.84. The van der Waals surface area contributed by atoms with Crippen LogP contribution in [0.3, 0.4) is 0 Å². The van der Waals surface area contributed by atoms with Gasteiger partial charge >= 0.3 is 0 Å². The van der Waals surface area contributed by atoms with E-state index in [-0.39, 0.29) is 17.1 Å². The van der Waals surface area contributed by atoms with Crippen molar-refractivity contribution in [2.24, 2.45) is 5.92 Å². The zero-order valence-electron chi connectivity index (χ0n) is 13.0. The van der Waals surface area contributed by atoms with Gasteiger partial charge in [0.2, 0.25) is 0 Å². The molecule has 3 heteroatoms. The zero-order chi connectivity index (χ0) is 14.8. The molecule has 0 spiro atoms. The Morgan fingerprint density at radius 1 is 1.05 bits per heavy atom. The second-order valence-electron chi connectivity index (χ2n) is 6.02. The number of ether oxygens (including phenoxy) is 2. The van der Waals surface area contributed by atoms with Crippen LogP contribution in [0.2, 0.25) is 0 Å². The van der Waals surface area contributed by atoms with E-state index in [4.69, 9.17) is 9.47 Å². The SMILES string of the molecule is COc1cc(C(C)(C)C)c(OC)cc1C(=O)C(C)C. The fraction of sp³-hybridized carbons (Fsp3) is 0.562. The molecule has 0 saturated heterocycles. The number of methoxy groups -OCH3 is 2. The van der Waals surface area contributed by atoms with Crippen molar-refractivity contribution < 1.29 is 14.3 Å². The van der Waals surface area contributed by atoms with Crippen molar-refractivity contribution in [3.05, 3.63) is 23.3 Å². The maximum atomic E-state index is 12.2. The Labute approximate surface area is 115 Å². The average molecular weight is 264 g/mol. The molecule has 1 rings (SSSR count). The van der Waals surface area contributed by atoms with Gasteiger partial charge in [-0.25, -0.2) is 0 Å². The van der Waals surface area contributed by atoms with Gasteiger partial charge in [-0.15, -0.1) is 0 Å². The fourth-order valence-electron chi connectivity index (χ4n) is 1.99. The third-order valence-corrected chi connectivity index (χ3v) is 3.12. The normalized spacial score (nSPS) is 11.6. The quantitative estimate of drug-likeness (QED) is 0.775. The molecule has 0 unspecified atom stereocenters. The highest BCUT2D eigenvalue weighted by Crippen LogP contribution is 2.37. The van der Waals surface area contributed by atoms with E-state index in [1.165, 1.54) is 0 Å². The summed E-state index contributed by atoms with van der Waals surface area (Å²) in [5, 5.41) is 0. The monoisotopic (exact) mass is 264 g/mol. The van der Waals surface area contributed by atoms with E-state index in [1.54, 1.807) is 20.3 Å². The highest BCUT2D eigenvalue weighted by molar-refractivity contribution is 6.00. The first-order chi connectivity index (χ1) is 8.72. The highest BCUT2D eigenvalue weighted by Gasteiger charge is 2.24. The molecule has 0 aromatic heterocycles. The van der Waals surface area contributed by atoms with E-state index in [0.717, 1.165) is 11.3 Å². The van der Waals surface area contributed by atoms with Crippen LogP contribution in [0.4, 0.5) is 0 Å². The van der Waals surface area contributed by atoms with E-state index in [2.05, 4.69) is 20.8 Å². The Morgan fingerprint density at radius 3 is 1.95 bits per heavy atom. The predicted molar refractivity (Wildman–Crippen MR) is 77.4 cm³/mol. The molecule has 0 heterocycles. The number of hydrogen-bond acceptors (Lipinski definition) is 3. The molecule has 0 radical (unpaired) electrons. The first-order valence-corrected chi connectivity index (χ1v) is 6.53. The minimum Gasteiger partial charge on any atom is -0.496 e. The number of carbonyl (C=O) groups is 1. The molecular formula is C16H24O3. The van der Waals surface area contributed by atoms with Gasteiger partial charge in [0.25, 0.3) is 0 Å². The molecule has 0 bridgehead atoms. The fourth-order valence-corrected chi connectivity index (χ4v) is 1.99. The Balaban J connectivity index is 3.48. The van der Waals surface area contributed by atoms with Crippen molar-refractivity contribution in [2.45, 2.75) is 40.0 Å². The van der Waals surface area contributed by atoms with Gasteiger partial charge in [0, 0.05) is 11.5 Å². The summed E-state index contributed by atoms with van der Waals surface area (Å²) in [7, 11) is 3.21. The van der Waals surface area contributed by atoms with Gasteiger partial charge in [-0.2, -0.15) is 0 Å². The van der Waals surface area contributed by atoms with Crippen LogP contribution in [0, 0.1) is 5.92 Å². The number of ketones is 1. The molecule has 106 valence electrons. The maximum absolute atomic E-state index is 12.2. The highest BCUT2D eigenvalue weighted by atomic mass is 16.5. The van der Waals surface area contributed by atoms with Crippen LogP contribution in [0.15, 0.2) is 12.1 Å². The molecule has 0 fully saturated rings. The summed E-state index contributed by atoms with van der Waals surface area (Å²) in [5.74, 6) is 1.34. The van der Waals surface area contributed by atoms with Crippen LogP contribution in [0.5, 0.6) is 11.5 Å². The van der Waals surface area contributed by atoms with Gasteiger partial charge in [-0.3, -0.25) is 4.79 Å². The standard InChI is InChI=1S/C16H24O3/c1-10(2)15(17)11-8-14(19-7)12(16(3,4)5)9-13(11)18-6/h8-10H,1-7H3. The lowest BCUT2D eigenvalue weighted by Crippen LogP contribution is -2.16. The van der Waals surface area contributed by atoms with Crippen molar-refractivity contribution >= 4 is 5.78 Å². The van der Waals surface area contributed by atoms with Crippen molar-refractivity contribution in [1.29, 1.82) is 0 Å². The summed E-state index contributed by atoms with van der Waals surface area (Å²) in [6, 6.07) is 3.70. The molecule has 1 aromatic rings. The van der Waals surface area contributed by atoms with Crippen LogP contribution in [-0.4, -0.2) is 20.0 Å². The number of benzene rings is 1. The van der Waals surface area contributed by atoms with Gasteiger partial charge in [0.15, 0.2) is 5.78 Å². The zero-order valence-corrected chi connectivity index (χ0v) is 13.0. The third kappa shape index (κ3) is 3.28. The van der Waals surface area contributed by atoms with Gasteiger partial charge in [0.1, 0.15) is 11.5 Å². The summed E-state index contributed by atoms with van der Waals surface area (Å²) in [4.78, 5) is 12.2. The number of hydrogen-bond donors (Lipinski definition) is 0. The summed E-state index contributed by atoms with van der Waals surface area (Å²) >= 11 is 0. The molecule has 0 aliphatic rings. The minimum absolute atomic E-state index is 0.0654. The van der Waals surface area contributed by atoms with E-state index in [0.29, 0.717) is 11.3 Å². The lowest BCUT2D eigenvalue weighted by molar-refractivity contribution is 0.0936. The molecule has 19 heavy (non-hydrogen) atoms. The number of rotatable bonds is 4. The largest absolute Gasteiger partial charge is 0.496 e. The molecule has 3 nitrogen and oxygen atoms in total. The number of carbonyl (C=O) groups excluding carboxylic acids is 1. The van der Waals surface area contributed by atoms with Crippen molar-refractivity contribution in [1.82, 2.24) is 0 Å². The van der Waals surface area contributed by atoms with Crippen molar-refractivity contribution in [3.8, 4) is 11.5 Å². The Hall–Kier alpha value is -1.51. The second-order valence-corrected chi connectivity index (χ2v) is 6.02. The van der Waals surface area contributed by atoms with E-state index in [9.17, 15) is 4.79 Å². The molecule has 0 aliphatic carbocycles. The molecule has 0 atom stereocenters. The van der Waals surface area contributed by atoms with Crippen LogP contribution in [0.25, 0.3) is 0 Å². The van der Waals surface area contributed by atoms with Gasteiger partial charge < -0.3 is 9.47 Å². The Kier molecular flexibility index (Phi) is 4.61. The van der Waals surface area contributed by atoms with Crippen LogP contribution >= 0.6 is 0 Å². The Morgan fingerprint density at radius 2 is 1.58 bits per heavy atom. The molecule has 0 N–H and O–H groups in total. The number of Topliss-reactive ketones (excluding diaryl/α,β-unsaturated/α-hetero) is 1. The molecular weight excluding hydrogens is 240 g/mol. The molecule has 0 aliphatic heterocycles. The van der Waals surface area contributed by atoms with Gasteiger partial charge in [-0.05, 0) is 17.5 Å². The molecule has 0 saturated carbocycles. The van der Waals surface area contributed by atoms with Gasteiger partial charge in [0.05, 0.1) is 19.8 Å². The average Bonchev–Trinajstić information content (AvgIpc) is 2.34. The summed E-state index contributed by atoms with van der Waals surface area (Å²) in [6.07, 6.45) is 0. The third-order valence-electron chi connectivity index (χ3n) is 3.12. The van der Waals surface area contributed by atoms with Crippen molar-refractivity contribution in [2.75, 3.05) is 14.2 Å². The minimum atomic E-state index is -0.0714. The van der Waals surface area contributed by atoms with E-state index in [1.807, 2.05) is 19.9 Å². The summed E-state index contributed by atoms with van der Waals surface area (Å²) in [6.45, 7) is 10.1. The summed E-state index contributed by atoms with van der Waals surface area (Å²) in [5.41, 5.74) is 1.55. The first kappa shape index (κ1) is 15.5. The topological polar surface area (TPSA) is 35.5 Å². The van der Waals surface area contributed by atoms with Crippen molar-refractivity contribution in [3.63, 3.8) is 0 Å². The van der Waals surface area contributed by atoms with Crippen LogP contribution in [-0.2, 0) is 5.41 Å². The first-order valence-electron chi connectivity index (χ1n) is 6.53. The lowest BCUT2D eigenvalue weighted by atomic mass is 9.84. The van der Waals surface area contributed by atoms with Gasteiger partial charge in [-0.1, -0.05) is 34.6 Å². The van der Waals surface area contributed by atoms with E-state index < -0.39 is 0 Å². The summed E-state index contributed by atoms with van der Waals surface area (Å²) < 4.78 is 10.8. The van der Waals surface area contributed by atoms with E-state index >= 15 is 0 Å². The Bertz CT molecular complexity index is 468. The maximum Gasteiger partial charge on any atom is 0.169 e. The second kappa shape index (κ2) is 5.64. The molecule has 1 aromatic carbocycles. The smallest absolute Gasteiger partial charge is 0.169 e. The molecule has 0 amide bonds. The van der Waals surface area contributed by atoms with Crippen LogP contribution in [0.1, 0.15) is 50.5 Å². The van der Waals surface area contributed by atoms with Crippen LogP contribution < -0.4 is 9.47 Å². The lowest BCUT2D eigenvalue weighted by Gasteiger charge is -2.24.